The summed E-state index contributed by atoms with van der Waals surface area (Å²) < 4.78 is 0. The first kappa shape index (κ1) is 16.1. The Morgan fingerprint density at radius 1 is 0.692 bits per heavy atom. The average Bonchev–Trinajstić information content (AvgIpc) is 2.69. The van der Waals surface area contributed by atoms with Crippen molar-refractivity contribution in [3.63, 3.8) is 0 Å². The molecule has 4 aromatic rings. The predicted molar refractivity (Wildman–Crippen MR) is 115 cm³/mol. The van der Waals surface area contributed by atoms with Gasteiger partial charge in [0.25, 0.3) is 0 Å². The molecule has 0 nitrogen and oxygen atoms in total. The van der Waals surface area contributed by atoms with Crippen LogP contribution in [0.4, 0.5) is 0 Å². The summed E-state index contributed by atoms with van der Waals surface area (Å²) in [6, 6.07) is 25.2. The molecule has 0 aromatic heterocycles. The molecule has 0 fully saturated rings. The Hall–Kier alpha value is -2.12. The van der Waals surface area contributed by atoms with Crippen LogP contribution in [0.2, 0.25) is 0 Å². The number of hydrogen-bond acceptors (Lipinski definition) is 0. The maximum atomic E-state index is 3.75. The monoisotopic (exact) mass is 400 g/mol. The molecule has 26 heavy (non-hydrogen) atoms. The van der Waals surface area contributed by atoms with Crippen LogP contribution in [0.25, 0.3) is 21.5 Å². The van der Waals surface area contributed by atoms with E-state index in [1.54, 1.807) is 0 Å². The lowest BCUT2D eigenvalue weighted by molar-refractivity contribution is 0.925. The molecule has 0 unspecified atom stereocenters. The third-order valence-electron chi connectivity index (χ3n) is 5.82. The Morgan fingerprint density at radius 3 is 2.19 bits per heavy atom. The largest absolute Gasteiger partial charge is 0.0876 e. The normalized spacial score (nSPS) is 13.9. The first-order valence-corrected chi connectivity index (χ1v) is 10.5. The molecule has 0 radical (unpaired) electrons. The van der Waals surface area contributed by atoms with Gasteiger partial charge in [-0.15, -0.1) is 0 Å². The van der Waals surface area contributed by atoms with Crippen molar-refractivity contribution in [1.29, 1.82) is 0 Å². The van der Waals surface area contributed by atoms with Crippen molar-refractivity contribution >= 4 is 37.5 Å². The summed E-state index contributed by atoms with van der Waals surface area (Å²) in [4.78, 5) is 0. The molecule has 4 aromatic carbocycles. The quantitative estimate of drug-likeness (QED) is 0.244. The molecule has 1 heteroatoms. The molecule has 0 heterocycles. The average molecular weight is 401 g/mol. The molecule has 128 valence electrons. The van der Waals surface area contributed by atoms with Crippen LogP contribution in [0.1, 0.15) is 27.8 Å². The summed E-state index contributed by atoms with van der Waals surface area (Å²) in [5.74, 6) is 0. The number of fused-ring (bicyclic) bond motifs is 1. The van der Waals surface area contributed by atoms with Crippen molar-refractivity contribution < 1.29 is 0 Å². The second kappa shape index (κ2) is 6.55. The molecule has 4 aliphatic rings. The predicted octanol–water partition coefficient (Wildman–Crippen LogP) is 6.77. The second-order valence-corrected chi connectivity index (χ2v) is 7.89. The lowest BCUT2D eigenvalue weighted by Gasteiger charge is -2.19. The van der Waals surface area contributed by atoms with E-state index in [-0.39, 0.29) is 0 Å². The Bertz CT molecular complexity index is 1110. The summed E-state index contributed by atoms with van der Waals surface area (Å²) in [6.07, 6.45) is 4.38. The summed E-state index contributed by atoms with van der Waals surface area (Å²) in [5.41, 5.74) is 7.33. The highest BCUT2D eigenvalue weighted by molar-refractivity contribution is 9.08. The Balaban J connectivity index is 1.85. The van der Waals surface area contributed by atoms with Gasteiger partial charge in [0.1, 0.15) is 0 Å². The number of halogens is 1. The van der Waals surface area contributed by atoms with Crippen molar-refractivity contribution in [2.75, 3.05) is 0 Å². The minimum Gasteiger partial charge on any atom is -0.0876 e. The van der Waals surface area contributed by atoms with Gasteiger partial charge < -0.3 is 0 Å². The standard InChI is InChI=1S/C25H21Br/c26-16-21-15-20-11-9-17-5-7-18(8-6-17)10-13-22(21)24-14-12-19-3-1-2-4-23(19)25(20)24/h1-8,12,14-15H,9-11,13,16H2. The maximum Gasteiger partial charge on any atom is 0.0286 e. The fourth-order valence-electron chi connectivity index (χ4n) is 4.44. The number of rotatable bonds is 1. The van der Waals surface area contributed by atoms with Gasteiger partial charge in [0, 0.05) is 5.33 Å². The first-order valence-electron chi connectivity index (χ1n) is 9.42. The summed E-state index contributed by atoms with van der Waals surface area (Å²) in [5, 5.41) is 6.58. The van der Waals surface area contributed by atoms with Crippen LogP contribution in [-0.4, -0.2) is 0 Å². The molecular formula is C25H21Br. The topological polar surface area (TPSA) is 0 Å². The summed E-state index contributed by atoms with van der Waals surface area (Å²) in [6.45, 7) is 0. The van der Waals surface area contributed by atoms with E-state index >= 15 is 0 Å². The highest BCUT2D eigenvalue weighted by atomic mass is 79.9. The third-order valence-corrected chi connectivity index (χ3v) is 6.43. The minimum absolute atomic E-state index is 0.926. The van der Waals surface area contributed by atoms with E-state index in [0.717, 1.165) is 31.0 Å². The minimum atomic E-state index is 0.926. The van der Waals surface area contributed by atoms with Gasteiger partial charge in [-0.05, 0) is 75.0 Å². The smallest absolute Gasteiger partial charge is 0.0286 e. The molecule has 0 saturated carbocycles. The zero-order valence-corrected chi connectivity index (χ0v) is 16.4. The molecule has 4 bridgehead atoms. The molecule has 4 aliphatic carbocycles. The maximum absolute atomic E-state index is 3.75. The molecule has 0 amide bonds. The van der Waals surface area contributed by atoms with Crippen molar-refractivity contribution in [2.45, 2.75) is 31.0 Å². The van der Waals surface area contributed by atoms with Crippen LogP contribution in [-0.2, 0) is 31.0 Å². The Kier molecular flexibility index (Phi) is 4.05. The van der Waals surface area contributed by atoms with Gasteiger partial charge in [-0.25, -0.2) is 0 Å². The van der Waals surface area contributed by atoms with Gasteiger partial charge in [0.05, 0.1) is 0 Å². The van der Waals surface area contributed by atoms with E-state index in [2.05, 4.69) is 82.7 Å². The van der Waals surface area contributed by atoms with E-state index < -0.39 is 0 Å². The molecule has 0 N–H and O–H groups in total. The zero-order chi connectivity index (χ0) is 17.5. The van der Waals surface area contributed by atoms with E-state index in [0.29, 0.717) is 0 Å². The molecule has 0 atom stereocenters. The Morgan fingerprint density at radius 2 is 1.42 bits per heavy atom. The van der Waals surface area contributed by atoms with E-state index in [1.807, 2.05) is 0 Å². The van der Waals surface area contributed by atoms with Crippen LogP contribution in [0.3, 0.4) is 0 Å². The van der Waals surface area contributed by atoms with Gasteiger partial charge in [-0.1, -0.05) is 82.7 Å². The number of benzene rings is 4. The molecular weight excluding hydrogens is 380 g/mol. The van der Waals surface area contributed by atoms with Gasteiger partial charge in [-0.3, -0.25) is 0 Å². The fraction of sp³-hybridized carbons (Fsp3) is 0.200. The molecule has 0 saturated heterocycles. The highest BCUT2D eigenvalue weighted by Gasteiger charge is 2.15. The fourth-order valence-corrected chi connectivity index (χ4v) is 4.94. The SMILES string of the molecule is BrCc1cc2c3c(ccc4ccccc43)c1CCc1ccc(cc1)CC2. The molecule has 8 rings (SSSR count). The second-order valence-electron chi connectivity index (χ2n) is 7.33. The number of alkyl halides is 1. The molecule has 0 aliphatic heterocycles. The van der Waals surface area contributed by atoms with Crippen LogP contribution < -0.4 is 0 Å². The van der Waals surface area contributed by atoms with Crippen LogP contribution in [0.5, 0.6) is 0 Å². The van der Waals surface area contributed by atoms with Crippen LogP contribution >= 0.6 is 15.9 Å². The van der Waals surface area contributed by atoms with Crippen molar-refractivity contribution in [1.82, 2.24) is 0 Å². The highest BCUT2D eigenvalue weighted by Crippen LogP contribution is 2.35. The van der Waals surface area contributed by atoms with Crippen LogP contribution in [0.15, 0.2) is 66.7 Å². The van der Waals surface area contributed by atoms with Crippen LogP contribution in [0, 0.1) is 0 Å². The summed E-state index contributed by atoms with van der Waals surface area (Å²) >= 11 is 3.75. The third kappa shape index (κ3) is 2.66. The van der Waals surface area contributed by atoms with E-state index in [9.17, 15) is 0 Å². The zero-order valence-electron chi connectivity index (χ0n) is 14.8. The first-order chi connectivity index (χ1) is 12.8. The molecule has 0 spiro atoms. The van der Waals surface area contributed by atoms with Gasteiger partial charge in [0.2, 0.25) is 0 Å². The number of hydrogen-bond donors (Lipinski definition) is 0. The van der Waals surface area contributed by atoms with Crippen molar-refractivity contribution in [3.05, 3.63) is 94.5 Å². The van der Waals surface area contributed by atoms with E-state index in [4.69, 9.17) is 0 Å². The number of aryl methyl sites for hydroxylation is 4. The lowest BCUT2D eigenvalue weighted by atomic mass is 9.86. The Labute approximate surface area is 163 Å². The summed E-state index contributed by atoms with van der Waals surface area (Å²) in [7, 11) is 0. The lowest BCUT2D eigenvalue weighted by Crippen LogP contribution is -2.03. The van der Waals surface area contributed by atoms with Gasteiger partial charge >= 0.3 is 0 Å². The van der Waals surface area contributed by atoms with Gasteiger partial charge in [-0.2, -0.15) is 0 Å². The van der Waals surface area contributed by atoms with Crippen molar-refractivity contribution in [3.8, 4) is 0 Å². The van der Waals surface area contributed by atoms with Gasteiger partial charge in [0.15, 0.2) is 0 Å². The van der Waals surface area contributed by atoms with Crippen molar-refractivity contribution in [2.24, 2.45) is 0 Å². The van der Waals surface area contributed by atoms with E-state index in [1.165, 1.54) is 49.4 Å².